The van der Waals surface area contributed by atoms with Crippen molar-refractivity contribution in [3.8, 4) is 11.5 Å². The van der Waals surface area contributed by atoms with Crippen molar-refractivity contribution in [2.24, 2.45) is 5.92 Å². The average molecular weight is 471 g/mol. The van der Waals surface area contributed by atoms with Crippen LogP contribution in [0.5, 0.6) is 11.5 Å². The third-order valence-electron chi connectivity index (χ3n) is 5.83. The Morgan fingerprint density at radius 1 is 1.24 bits per heavy atom. The maximum absolute atomic E-state index is 13.4. The number of anilines is 2. The molecule has 9 nitrogen and oxygen atoms in total. The normalized spacial score (nSPS) is 18.9. The third kappa shape index (κ3) is 5.98. The van der Waals surface area contributed by atoms with Crippen LogP contribution in [0.1, 0.15) is 24.2 Å². The van der Waals surface area contributed by atoms with Crippen LogP contribution in [0, 0.1) is 5.92 Å². The number of nitrogens with zero attached hydrogens (tertiary/aromatic N) is 2. The Labute approximate surface area is 200 Å². The standard InChI is InChI=1S/C25H34N4O5/c1-16-13-29(17(2)15-30)24(31)20-7-6-8-21(23(20)34-22(16)14-28(3)4)27-25(32)26-18-9-11-19(33-5)12-10-18/h6-12,16-17,22,30H,13-15H2,1-5H3,(H2,26,27,32)/t16-,17+,22+/m0/s1. The van der Waals surface area contributed by atoms with Crippen LogP contribution in [0.3, 0.4) is 0 Å². The molecule has 3 amide bonds. The molecule has 1 aliphatic heterocycles. The Bertz CT molecular complexity index is 995. The van der Waals surface area contributed by atoms with Gasteiger partial charge in [0.1, 0.15) is 11.9 Å². The number of nitrogens with one attached hydrogen (secondary N) is 2. The highest BCUT2D eigenvalue weighted by Gasteiger charge is 2.34. The summed E-state index contributed by atoms with van der Waals surface area (Å²) in [6.45, 7) is 4.78. The van der Waals surface area contributed by atoms with E-state index in [2.05, 4.69) is 10.6 Å². The van der Waals surface area contributed by atoms with Gasteiger partial charge in [0.15, 0.2) is 5.75 Å². The number of carbonyl (C=O) groups is 2. The summed E-state index contributed by atoms with van der Waals surface area (Å²) >= 11 is 0. The van der Waals surface area contributed by atoms with Gasteiger partial charge in [0, 0.05) is 24.7 Å². The zero-order valence-electron chi connectivity index (χ0n) is 20.4. The SMILES string of the molecule is COc1ccc(NC(=O)Nc2cccc3c2O[C@H](CN(C)C)[C@@H](C)CN([C@H](C)CO)C3=O)cc1. The first-order valence-electron chi connectivity index (χ1n) is 11.3. The monoisotopic (exact) mass is 470 g/mol. The number of benzene rings is 2. The van der Waals surface area contributed by atoms with Gasteiger partial charge in [0.2, 0.25) is 0 Å². The first kappa shape index (κ1) is 25.3. The van der Waals surface area contributed by atoms with Gasteiger partial charge in [-0.2, -0.15) is 0 Å². The maximum atomic E-state index is 13.4. The number of rotatable bonds is 7. The summed E-state index contributed by atoms with van der Waals surface area (Å²) in [5.41, 5.74) is 1.33. The van der Waals surface area contributed by atoms with Crippen LogP contribution in [-0.2, 0) is 0 Å². The molecule has 1 heterocycles. The Morgan fingerprint density at radius 3 is 2.56 bits per heavy atom. The molecular weight excluding hydrogens is 436 g/mol. The van der Waals surface area contributed by atoms with E-state index in [4.69, 9.17) is 9.47 Å². The van der Waals surface area contributed by atoms with Gasteiger partial charge in [-0.05, 0) is 57.4 Å². The second-order valence-electron chi connectivity index (χ2n) is 8.87. The van der Waals surface area contributed by atoms with Gasteiger partial charge < -0.3 is 35.0 Å². The van der Waals surface area contributed by atoms with Crippen molar-refractivity contribution in [2.75, 3.05) is 51.5 Å². The van der Waals surface area contributed by atoms with Crippen LogP contribution in [0.25, 0.3) is 0 Å². The lowest BCUT2D eigenvalue weighted by Gasteiger charge is -2.38. The molecule has 34 heavy (non-hydrogen) atoms. The topological polar surface area (TPSA) is 103 Å². The van der Waals surface area contributed by atoms with Gasteiger partial charge >= 0.3 is 6.03 Å². The highest BCUT2D eigenvalue weighted by atomic mass is 16.5. The number of aliphatic hydroxyl groups is 1. The largest absolute Gasteiger partial charge is 0.497 e. The van der Waals surface area contributed by atoms with Crippen LogP contribution in [-0.4, -0.2) is 79.9 Å². The zero-order chi connectivity index (χ0) is 24.8. The fourth-order valence-corrected chi connectivity index (χ4v) is 3.88. The number of methoxy groups -OCH3 is 1. The highest BCUT2D eigenvalue weighted by molar-refractivity contribution is 6.04. The van der Waals surface area contributed by atoms with Crippen molar-refractivity contribution in [1.82, 2.24) is 9.80 Å². The van der Waals surface area contributed by atoms with Crippen molar-refractivity contribution in [3.63, 3.8) is 0 Å². The first-order valence-corrected chi connectivity index (χ1v) is 11.3. The summed E-state index contributed by atoms with van der Waals surface area (Å²) in [6, 6.07) is 11.2. The van der Waals surface area contributed by atoms with Crippen molar-refractivity contribution in [2.45, 2.75) is 26.0 Å². The van der Waals surface area contributed by atoms with E-state index in [1.54, 1.807) is 54.5 Å². The van der Waals surface area contributed by atoms with Gasteiger partial charge in [-0.3, -0.25) is 4.79 Å². The second-order valence-corrected chi connectivity index (χ2v) is 8.87. The van der Waals surface area contributed by atoms with Crippen molar-refractivity contribution < 1.29 is 24.2 Å². The molecule has 9 heteroatoms. The number of hydrogen-bond acceptors (Lipinski definition) is 6. The van der Waals surface area contributed by atoms with E-state index in [1.807, 2.05) is 32.8 Å². The van der Waals surface area contributed by atoms with Crippen LogP contribution in [0.15, 0.2) is 42.5 Å². The van der Waals surface area contributed by atoms with Crippen LogP contribution < -0.4 is 20.1 Å². The molecule has 0 spiro atoms. The Kier molecular flexibility index (Phi) is 8.36. The number of aliphatic hydroxyl groups excluding tert-OH is 1. The smallest absolute Gasteiger partial charge is 0.323 e. The maximum Gasteiger partial charge on any atom is 0.323 e. The van der Waals surface area contributed by atoms with E-state index >= 15 is 0 Å². The number of likely N-dealkylation sites (N-methyl/N-ethyl adjacent to an activating group) is 1. The molecule has 0 saturated heterocycles. The molecule has 3 atom stereocenters. The molecule has 0 aliphatic carbocycles. The molecule has 0 fully saturated rings. The lowest BCUT2D eigenvalue weighted by molar-refractivity contribution is 0.0365. The molecule has 0 radical (unpaired) electrons. The van der Waals surface area contributed by atoms with E-state index in [-0.39, 0.29) is 30.6 Å². The molecule has 3 rings (SSSR count). The zero-order valence-corrected chi connectivity index (χ0v) is 20.4. The predicted molar refractivity (Wildman–Crippen MR) is 132 cm³/mol. The summed E-state index contributed by atoms with van der Waals surface area (Å²) < 4.78 is 11.5. The fraction of sp³-hybridized carbons (Fsp3) is 0.440. The number of para-hydroxylation sites is 1. The quantitative estimate of drug-likeness (QED) is 0.575. The van der Waals surface area contributed by atoms with Gasteiger partial charge in [-0.1, -0.05) is 13.0 Å². The molecule has 3 N–H and O–H groups in total. The average Bonchev–Trinajstić information content (AvgIpc) is 2.81. The summed E-state index contributed by atoms with van der Waals surface area (Å²) in [7, 11) is 5.50. The Balaban J connectivity index is 1.93. The molecule has 0 bridgehead atoms. The first-order chi connectivity index (χ1) is 16.2. The number of hydrogen-bond donors (Lipinski definition) is 3. The van der Waals surface area contributed by atoms with E-state index in [9.17, 15) is 14.7 Å². The highest BCUT2D eigenvalue weighted by Crippen LogP contribution is 2.35. The minimum absolute atomic E-state index is 0.00492. The molecule has 184 valence electrons. The van der Waals surface area contributed by atoms with Crippen molar-refractivity contribution in [1.29, 1.82) is 0 Å². The number of urea groups is 1. The number of carbonyl (C=O) groups excluding carboxylic acids is 2. The molecular formula is C25H34N4O5. The summed E-state index contributed by atoms with van der Waals surface area (Å²) in [4.78, 5) is 29.9. The number of amides is 3. The van der Waals surface area contributed by atoms with Crippen LogP contribution in [0.2, 0.25) is 0 Å². The van der Waals surface area contributed by atoms with Gasteiger partial charge in [-0.15, -0.1) is 0 Å². The lowest BCUT2D eigenvalue weighted by atomic mass is 9.99. The molecule has 2 aromatic rings. The molecule has 0 aromatic heterocycles. The van der Waals surface area contributed by atoms with Crippen molar-refractivity contribution in [3.05, 3.63) is 48.0 Å². The predicted octanol–water partition coefficient (Wildman–Crippen LogP) is 3.12. The molecule has 0 unspecified atom stereocenters. The van der Waals surface area contributed by atoms with E-state index in [0.717, 1.165) is 0 Å². The molecule has 1 aliphatic rings. The Morgan fingerprint density at radius 2 is 1.94 bits per heavy atom. The summed E-state index contributed by atoms with van der Waals surface area (Å²) in [5.74, 6) is 0.761. The minimum Gasteiger partial charge on any atom is -0.497 e. The van der Waals surface area contributed by atoms with E-state index in [1.165, 1.54) is 0 Å². The van der Waals surface area contributed by atoms with E-state index < -0.39 is 6.03 Å². The minimum atomic E-state index is -0.463. The second kappa shape index (κ2) is 11.2. The third-order valence-corrected chi connectivity index (χ3v) is 5.83. The van der Waals surface area contributed by atoms with Gasteiger partial charge in [0.25, 0.3) is 5.91 Å². The summed E-state index contributed by atoms with van der Waals surface area (Å²) in [5, 5.41) is 15.4. The van der Waals surface area contributed by atoms with Crippen molar-refractivity contribution >= 4 is 23.3 Å². The lowest BCUT2D eigenvalue weighted by Crippen LogP contribution is -2.49. The summed E-state index contributed by atoms with van der Waals surface area (Å²) in [6.07, 6.45) is -0.233. The number of ether oxygens (including phenoxy) is 2. The van der Waals surface area contributed by atoms with E-state index in [0.29, 0.717) is 41.5 Å². The van der Waals surface area contributed by atoms with Crippen LogP contribution >= 0.6 is 0 Å². The fourth-order valence-electron chi connectivity index (χ4n) is 3.88. The Hall–Kier alpha value is -3.30. The molecule has 2 aromatic carbocycles. The van der Waals surface area contributed by atoms with Gasteiger partial charge in [-0.25, -0.2) is 4.79 Å². The number of fused-ring (bicyclic) bond motifs is 1. The molecule has 0 saturated carbocycles. The van der Waals surface area contributed by atoms with Gasteiger partial charge in [0.05, 0.1) is 31.0 Å². The van der Waals surface area contributed by atoms with Crippen LogP contribution in [0.4, 0.5) is 16.2 Å².